The number of nitrogen functional groups attached to an aromatic ring is 2. The van der Waals surface area contributed by atoms with E-state index in [9.17, 15) is 52.4 Å². The van der Waals surface area contributed by atoms with Crippen LogP contribution in [0.5, 0.6) is 0 Å². The summed E-state index contributed by atoms with van der Waals surface area (Å²) in [6.45, 7) is 0. The number of rotatable bonds is 14. The van der Waals surface area contributed by atoms with E-state index in [1.165, 1.54) is 97.1 Å². The van der Waals surface area contributed by atoms with E-state index in [1.807, 2.05) is 12.1 Å². The Morgan fingerprint density at radius 3 is 1.24 bits per heavy atom. The third-order valence-electron chi connectivity index (χ3n) is 10.7. The third kappa shape index (κ3) is 9.68. The topological polar surface area (TPSA) is 321 Å². The van der Waals surface area contributed by atoms with Gasteiger partial charge in [0.25, 0.3) is 31.4 Å². The number of pyridine rings is 2. The number of ketones is 1. The largest absolute Gasteiger partial charge is 0.383 e. The Bertz CT molecular complexity index is 3540. The second-order valence-corrected chi connectivity index (χ2v) is 18.6. The number of carbonyl (C=O) groups excluding carboxylic acids is 1. The highest BCUT2D eigenvalue weighted by atomic mass is 32.2. The molecule has 2 aromatic heterocycles. The summed E-state index contributed by atoms with van der Waals surface area (Å²) in [5.41, 5.74) is 15.1. The first-order valence-corrected chi connectivity index (χ1v) is 23.3. The summed E-state index contributed by atoms with van der Waals surface area (Å²) in [4.78, 5) is 43.6. The molecule has 0 aliphatic heterocycles. The Kier molecular flexibility index (Phi) is 12.5. The Morgan fingerprint density at radius 2 is 0.886 bits per heavy atom. The first-order chi connectivity index (χ1) is 33.4. The molecule has 0 aliphatic carbocycles. The van der Waals surface area contributed by atoms with E-state index < -0.39 is 35.7 Å². The number of benzene rings is 6. The average molecular weight is 969 g/mol. The Hall–Kier alpha value is -9.83. The quantitative estimate of drug-likeness (QED) is 0.0450. The molecule has 8 aromatic rings. The molecule has 6 aromatic carbocycles. The summed E-state index contributed by atoms with van der Waals surface area (Å²) in [6, 6.07) is 40.9. The highest BCUT2D eigenvalue weighted by Gasteiger charge is 2.22. The SMILES string of the molecule is N#Cc1c(-c2cccc([N+](=O)[O-])c2)cc(-c2ccc(NS(=O)(=O)c3cccc(C(=O)c4cccc(S(=O)(=O)Nc5ccc(-c6cc(-c7cccc([N+](=O)[O-])c7)c(C#N)c(N)n6)cc5)c4)c3)cc2)nc1N. The summed E-state index contributed by atoms with van der Waals surface area (Å²) in [5.74, 6) is -0.890. The minimum Gasteiger partial charge on any atom is -0.383 e. The highest BCUT2D eigenvalue weighted by molar-refractivity contribution is 7.93. The number of anilines is 4. The molecule has 0 fully saturated rings. The number of sulfonamides is 2. The minimum absolute atomic E-state index is 0.0237. The molecule has 0 saturated heterocycles. The van der Waals surface area contributed by atoms with E-state index in [0.717, 1.165) is 12.1 Å². The van der Waals surface area contributed by atoms with Gasteiger partial charge in [0, 0.05) is 69.0 Å². The molecular formula is C49H32N10O9S2. The molecule has 0 unspecified atom stereocenters. The van der Waals surface area contributed by atoms with Crippen LogP contribution in [-0.2, 0) is 20.0 Å². The van der Waals surface area contributed by atoms with E-state index in [-0.39, 0.29) is 66.4 Å². The molecule has 8 rings (SSSR count). The second kappa shape index (κ2) is 18.8. The van der Waals surface area contributed by atoms with Crippen molar-refractivity contribution in [1.82, 2.24) is 9.97 Å². The van der Waals surface area contributed by atoms with Crippen molar-refractivity contribution < 1.29 is 31.5 Å². The summed E-state index contributed by atoms with van der Waals surface area (Å²) < 4.78 is 59.4. The number of aromatic nitrogens is 2. The van der Waals surface area contributed by atoms with Gasteiger partial charge in [-0.15, -0.1) is 0 Å². The molecule has 0 bridgehead atoms. The van der Waals surface area contributed by atoms with Gasteiger partial charge in [0.1, 0.15) is 34.9 Å². The van der Waals surface area contributed by atoms with Gasteiger partial charge in [0.2, 0.25) is 0 Å². The standard InChI is InChI=1S/C49H32N10O9S2/c50-27-43-41(31-5-1-9-37(21-31)58(61)62)25-45(54-48(43)52)29-13-17-35(18-14-29)56-69(65,66)39-11-3-7-33(23-39)47(60)34-8-4-12-40(24-34)70(67,68)57-36-19-15-30(16-20-36)46-26-42(44(28-51)49(53)55-46)32-6-2-10-38(22-32)59(63)64/h1-26,56-57H,(H2,52,54)(H2,53,55). The third-order valence-corrected chi connectivity index (χ3v) is 13.5. The van der Waals surface area contributed by atoms with E-state index in [4.69, 9.17) is 11.5 Å². The summed E-state index contributed by atoms with van der Waals surface area (Å²) in [6.07, 6.45) is 0. The molecule has 344 valence electrons. The Balaban J connectivity index is 0.969. The van der Waals surface area contributed by atoms with Crippen LogP contribution >= 0.6 is 0 Å². The van der Waals surface area contributed by atoms with Crippen molar-refractivity contribution in [3.8, 4) is 56.9 Å². The summed E-state index contributed by atoms with van der Waals surface area (Å²) in [5, 5.41) is 42.4. The monoisotopic (exact) mass is 968 g/mol. The maximum atomic E-state index is 13.8. The zero-order valence-electron chi connectivity index (χ0n) is 35.8. The summed E-state index contributed by atoms with van der Waals surface area (Å²) >= 11 is 0. The van der Waals surface area contributed by atoms with Crippen molar-refractivity contribution in [3.63, 3.8) is 0 Å². The lowest BCUT2D eigenvalue weighted by molar-refractivity contribution is -0.385. The average Bonchev–Trinajstić information content (AvgIpc) is 3.36. The van der Waals surface area contributed by atoms with Gasteiger partial charge < -0.3 is 11.5 Å². The zero-order chi connectivity index (χ0) is 49.9. The molecule has 21 heteroatoms. The van der Waals surface area contributed by atoms with Crippen LogP contribution in [0.4, 0.5) is 34.4 Å². The van der Waals surface area contributed by atoms with Gasteiger partial charge in [-0.2, -0.15) is 10.5 Å². The van der Waals surface area contributed by atoms with Gasteiger partial charge in [0.15, 0.2) is 5.78 Å². The molecule has 19 nitrogen and oxygen atoms in total. The number of nitrogens with two attached hydrogens (primary N) is 2. The lowest BCUT2D eigenvalue weighted by Gasteiger charge is -2.12. The van der Waals surface area contributed by atoms with Gasteiger partial charge in [-0.25, -0.2) is 26.8 Å². The fourth-order valence-electron chi connectivity index (χ4n) is 7.31. The molecule has 0 aliphatic rings. The fraction of sp³-hybridized carbons (Fsp3) is 0. The smallest absolute Gasteiger partial charge is 0.270 e. The number of hydrogen-bond acceptors (Lipinski definition) is 15. The van der Waals surface area contributed by atoms with Crippen molar-refractivity contribution in [2.24, 2.45) is 0 Å². The number of non-ortho nitro benzene ring substituents is 2. The Morgan fingerprint density at radius 1 is 0.514 bits per heavy atom. The second-order valence-electron chi connectivity index (χ2n) is 15.2. The van der Waals surface area contributed by atoms with Crippen LogP contribution in [-0.4, -0.2) is 42.4 Å². The lowest BCUT2D eigenvalue weighted by Crippen LogP contribution is -2.15. The van der Waals surface area contributed by atoms with Gasteiger partial charge in [-0.3, -0.25) is 34.5 Å². The van der Waals surface area contributed by atoms with Crippen LogP contribution in [0.1, 0.15) is 27.0 Å². The van der Waals surface area contributed by atoms with Gasteiger partial charge in [-0.05, 0) is 71.8 Å². The minimum atomic E-state index is -4.29. The van der Waals surface area contributed by atoms with Crippen LogP contribution in [0.25, 0.3) is 44.8 Å². The van der Waals surface area contributed by atoms with Crippen molar-refractivity contribution in [2.75, 3.05) is 20.9 Å². The lowest BCUT2D eigenvalue weighted by atomic mass is 9.98. The van der Waals surface area contributed by atoms with Crippen LogP contribution in [0.3, 0.4) is 0 Å². The van der Waals surface area contributed by atoms with E-state index in [2.05, 4.69) is 19.4 Å². The van der Waals surface area contributed by atoms with Gasteiger partial charge in [-0.1, -0.05) is 72.8 Å². The molecule has 0 atom stereocenters. The zero-order valence-corrected chi connectivity index (χ0v) is 37.5. The highest BCUT2D eigenvalue weighted by Crippen LogP contribution is 2.35. The fourth-order valence-corrected chi connectivity index (χ4v) is 9.52. The van der Waals surface area contributed by atoms with E-state index in [0.29, 0.717) is 44.8 Å². The number of nitro benzene ring substituents is 2. The van der Waals surface area contributed by atoms with Crippen molar-refractivity contribution >= 4 is 60.2 Å². The molecule has 70 heavy (non-hydrogen) atoms. The molecule has 0 amide bonds. The molecule has 0 spiro atoms. The molecule has 6 N–H and O–H groups in total. The number of nitrogens with one attached hydrogen (secondary N) is 2. The normalized spacial score (nSPS) is 11.2. The molecule has 0 radical (unpaired) electrons. The maximum absolute atomic E-state index is 13.8. The predicted octanol–water partition coefficient (Wildman–Crippen LogP) is 8.70. The van der Waals surface area contributed by atoms with E-state index >= 15 is 0 Å². The molecule has 2 heterocycles. The van der Waals surface area contributed by atoms with E-state index in [1.54, 1.807) is 48.5 Å². The number of nitro groups is 2. The Labute approximate surface area is 398 Å². The van der Waals surface area contributed by atoms with Crippen LogP contribution in [0.15, 0.2) is 168 Å². The first kappa shape index (κ1) is 46.7. The maximum Gasteiger partial charge on any atom is 0.270 e. The van der Waals surface area contributed by atoms with Gasteiger partial charge >= 0.3 is 0 Å². The first-order valence-electron chi connectivity index (χ1n) is 20.4. The van der Waals surface area contributed by atoms with Crippen molar-refractivity contribution in [2.45, 2.75) is 9.79 Å². The van der Waals surface area contributed by atoms with Crippen molar-refractivity contribution in [1.29, 1.82) is 10.5 Å². The van der Waals surface area contributed by atoms with Crippen LogP contribution in [0, 0.1) is 42.9 Å². The van der Waals surface area contributed by atoms with Crippen molar-refractivity contribution in [3.05, 3.63) is 200 Å². The summed E-state index contributed by atoms with van der Waals surface area (Å²) in [7, 11) is -8.58. The molecule has 0 saturated carbocycles. The number of nitriles is 2. The van der Waals surface area contributed by atoms with Crippen LogP contribution < -0.4 is 20.9 Å². The van der Waals surface area contributed by atoms with Gasteiger partial charge in [0.05, 0.1) is 31.0 Å². The number of hydrogen-bond donors (Lipinski definition) is 4. The van der Waals surface area contributed by atoms with Crippen LogP contribution in [0.2, 0.25) is 0 Å². The number of carbonyl (C=O) groups is 1. The number of nitrogens with zero attached hydrogens (tertiary/aromatic N) is 6. The molecular weight excluding hydrogens is 937 g/mol. The predicted molar refractivity (Wildman–Crippen MR) is 260 cm³/mol.